The van der Waals surface area contributed by atoms with Crippen LogP contribution in [0, 0.1) is 11.6 Å². The van der Waals surface area contributed by atoms with E-state index in [1.807, 2.05) is 0 Å². The molecule has 4 aromatic rings. The third-order valence-electron chi connectivity index (χ3n) is 7.15. The lowest BCUT2D eigenvalue weighted by Gasteiger charge is -2.43. The highest BCUT2D eigenvalue weighted by Gasteiger charge is 2.35. The highest BCUT2D eigenvalue weighted by molar-refractivity contribution is 6.30. The van der Waals surface area contributed by atoms with Crippen LogP contribution >= 0.6 is 11.6 Å². The van der Waals surface area contributed by atoms with Gasteiger partial charge in [-0.2, -0.15) is 0 Å². The van der Waals surface area contributed by atoms with Crippen molar-refractivity contribution in [2.45, 2.75) is 18.6 Å². The molecule has 2 aromatic carbocycles. The molecule has 4 heterocycles. The molecule has 0 bridgehead atoms. The normalized spacial score (nSPS) is 19.4. The molecule has 2 aliphatic heterocycles. The molecule has 0 amide bonds. The van der Waals surface area contributed by atoms with E-state index in [-0.39, 0.29) is 17.2 Å². The molecule has 0 spiro atoms. The van der Waals surface area contributed by atoms with Crippen molar-refractivity contribution in [2.24, 2.45) is 0 Å². The van der Waals surface area contributed by atoms with E-state index < -0.39 is 11.6 Å². The number of aromatic amines is 1. The molecule has 0 radical (unpaired) electrons. The predicted octanol–water partition coefficient (Wildman–Crippen LogP) is 4.84. The van der Waals surface area contributed by atoms with E-state index in [0.29, 0.717) is 58.3 Å². The number of nitrogens with zero attached hydrogens (tertiary/aromatic N) is 3. The summed E-state index contributed by atoms with van der Waals surface area (Å²) in [5.41, 5.74) is 3.74. The van der Waals surface area contributed by atoms with Gasteiger partial charge in [0.15, 0.2) is 0 Å². The fourth-order valence-electron chi connectivity index (χ4n) is 5.47. The van der Waals surface area contributed by atoms with Gasteiger partial charge in [-0.1, -0.05) is 11.6 Å². The Kier molecular flexibility index (Phi) is 6.55. The number of fused-ring (bicyclic) bond motifs is 2. The Balaban J connectivity index is 1.59. The highest BCUT2D eigenvalue weighted by atomic mass is 35.5. The van der Waals surface area contributed by atoms with Crippen LogP contribution in [-0.2, 0) is 4.74 Å². The number of methoxy groups -OCH3 is 1. The van der Waals surface area contributed by atoms with Crippen molar-refractivity contribution in [2.75, 3.05) is 50.6 Å². The van der Waals surface area contributed by atoms with Crippen molar-refractivity contribution in [1.29, 1.82) is 0 Å². The minimum atomic E-state index is -0.444. The molecule has 2 aromatic heterocycles. The number of morpholine rings is 1. The summed E-state index contributed by atoms with van der Waals surface area (Å²) in [5, 5.41) is 7.00. The van der Waals surface area contributed by atoms with Gasteiger partial charge in [-0.05, 0) is 36.2 Å². The van der Waals surface area contributed by atoms with Gasteiger partial charge < -0.3 is 30.0 Å². The Labute approximate surface area is 223 Å². The van der Waals surface area contributed by atoms with Crippen molar-refractivity contribution >= 4 is 34.1 Å². The largest absolute Gasteiger partial charge is 0.494 e. The zero-order chi connectivity index (χ0) is 26.4. The van der Waals surface area contributed by atoms with Crippen LogP contribution in [0.3, 0.4) is 0 Å². The van der Waals surface area contributed by atoms with Crippen LogP contribution < -0.4 is 20.3 Å². The molecule has 0 aliphatic carbocycles. The highest BCUT2D eigenvalue weighted by Crippen LogP contribution is 2.44. The first kappa shape index (κ1) is 24.8. The number of hydrogen-bond donors (Lipinski definition) is 3. The summed E-state index contributed by atoms with van der Waals surface area (Å²) in [7, 11) is 3.25. The van der Waals surface area contributed by atoms with Crippen LogP contribution in [0.5, 0.6) is 5.75 Å². The number of benzene rings is 2. The van der Waals surface area contributed by atoms with Gasteiger partial charge in [0.25, 0.3) is 0 Å². The van der Waals surface area contributed by atoms with Crippen molar-refractivity contribution in [3.05, 3.63) is 53.2 Å². The number of halogens is 3. The Hall–Kier alpha value is -3.47. The number of H-pyrrole nitrogens is 1. The van der Waals surface area contributed by atoms with Gasteiger partial charge in [-0.15, -0.1) is 0 Å². The standard InChI is InChI=1S/C27H27ClF2N6O2/c1-31-26-23(27-34-20-10-17(30)11-21(37-2)24(20)35-27)25(36-5-3-19-22(13-36)38-6-4-32-19)18(12-33-26)14-7-15(28)9-16(29)8-14/h7-12,19,22,32H,3-6,13H2,1-2H3,(H,31,33)(H,34,35). The molecule has 2 atom stereocenters. The molecule has 3 N–H and O–H groups in total. The average Bonchev–Trinajstić information content (AvgIpc) is 3.34. The van der Waals surface area contributed by atoms with Gasteiger partial charge >= 0.3 is 0 Å². The minimum Gasteiger partial charge on any atom is -0.494 e. The van der Waals surface area contributed by atoms with Gasteiger partial charge in [0.2, 0.25) is 0 Å². The summed E-state index contributed by atoms with van der Waals surface area (Å²) in [6.07, 6.45) is 2.57. The molecule has 2 fully saturated rings. The SMILES string of the molecule is CNc1ncc(-c2cc(F)cc(Cl)c2)c(N2CCC3NCCOC3C2)c1-c1nc2c(OC)cc(F)cc2[nH]1. The van der Waals surface area contributed by atoms with Gasteiger partial charge in [-0.3, -0.25) is 0 Å². The van der Waals surface area contributed by atoms with E-state index in [9.17, 15) is 8.78 Å². The molecule has 2 saturated heterocycles. The zero-order valence-corrected chi connectivity index (χ0v) is 21.7. The Bertz CT molecular complexity index is 1490. The molecule has 2 unspecified atom stereocenters. The van der Waals surface area contributed by atoms with Crippen LogP contribution in [0.2, 0.25) is 5.02 Å². The van der Waals surface area contributed by atoms with E-state index in [1.54, 1.807) is 19.3 Å². The maximum Gasteiger partial charge on any atom is 0.149 e. The lowest BCUT2D eigenvalue weighted by atomic mass is 9.95. The van der Waals surface area contributed by atoms with Crippen molar-refractivity contribution in [3.8, 4) is 28.3 Å². The Morgan fingerprint density at radius 3 is 2.82 bits per heavy atom. The molecular formula is C27H27ClF2N6O2. The van der Waals surface area contributed by atoms with Gasteiger partial charge in [0.1, 0.15) is 34.5 Å². The van der Waals surface area contributed by atoms with Crippen LogP contribution in [0.15, 0.2) is 36.5 Å². The van der Waals surface area contributed by atoms with E-state index >= 15 is 0 Å². The number of hydrogen-bond acceptors (Lipinski definition) is 7. The molecule has 6 rings (SSSR count). The summed E-state index contributed by atoms with van der Waals surface area (Å²) < 4.78 is 40.3. The summed E-state index contributed by atoms with van der Waals surface area (Å²) in [6.45, 7) is 2.81. The second-order valence-corrected chi connectivity index (χ2v) is 9.88. The number of ether oxygens (including phenoxy) is 2. The molecule has 38 heavy (non-hydrogen) atoms. The molecule has 2 aliphatic rings. The van der Waals surface area contributed by atoms with E-state index in [1.165, 1.54) is 31.4 Å². The van der Waals surface area contributed by atoms with Crippen molar-refractivity contribution in [1.82, 2.24) is 20.3 Å². The zero-order valence-electron chi connectivity index (χ0n) is 20.9. The lowest BCUT2D eigenvalue weighted by Crippen LogP contribution is -2.58. The first-order valence-corrected chi connectivity index (χ1v) is 12.8. The smallest absolute Gasteiger partial charge is 0.149 e. The topological polar surface area (TPSA) is 87.3 Å². The van der Waals surface area contributed by atoms with E-state index in [4.69, 9.17) is 26.1 Å². The maximum atomic E-state index is 14.5. The second kappa shape index (κ2) is 10.0. The molecule has 8 nitrogen and oxygen atoms in total. The third kappa shape index (κ3) is 4.42. The molecule has 11 heteroatoms. The fourth-order valence-corrected chi connectivity index (χ4v) is 5.69. The quantitative estimate of drug-likeness (QED) is 0.334. The average molecular weight is 541 g/mol. The number of piperidine rings is 1. The van der Waals surface area contributed by atoms with Gasteiger partial charge in [-0.25, -0.2) is 18.7 Å². The fraction of sp³-hybridized carbons (Fsp3) is 0.333. The number of aromatic nitrogens is 3. The first-order valence-electron chi connectivity index (χ1n) is 12.5. The first-order chi connectivity index (χ1) is 18.4. The number of rotatable bonds is 5. The Morgan fingerprint density at radius 2 is 2.03 bits per heavy atom. The summed E-state index contributed by atoms with van der Waals surface area (Å²) >= 11 is 6.26. The minimum absolute atomic E-state index is 0.00892. The summed E-state index contributed by atoms with van der Waals surface area (Å²) in [5.74, 6) is 0.474. The number of pyridine rings is 1. The molecule has 0 saturated carbocycles. The number of anilines is 2. The van der Waals surface area contributed by atoms with Crippen molar-refractivity contribution < 1.29 is 18.3 Å². The number of nitrogens with one attached hydrogen (secondary N) is 3. The van der Waals surface area contributed by atoms with Crippen LogP contribution in [0.25, 0.3) is 33.5 Å². The van der Waals surface area contributed by atoms with E-state index in [0.717, 1.165) is 25.2 Å². The van der Waals surface area contributed by atoms with Crippen LogP contribution in [0.4, 0.5) is 20.3 Å². The monoisotopic (exact) mass is 540 g/mol. The van der Waals surface area contributed by atoms with E-state index in [2.05, 4.69) is 25.5 Å². The second-order valence-electron chi connectivity index (χ2n) is 9.45. The summed E-state index contributed by atoms with van der Waals surface area (Å²) in [4.78, 5) is 15.0. The maximum absolute atomic E-state index is 14.5. The van der Waals surface area contributed by atoms with Gasteiger partial charge in [0, 0.05) is 55.6 Å². The molecule has 198 valence electrons. The Morgan fingerprint density at radius 1 is 1.18 bits per heavy atom. The predicted molar refractivity (Wildman–Crippen MR) is 144 cm³/mol. The van der Waals surface area contributed by atoms with Crippen LogP contribution in [0.1, 0.15) is 6.42 Å². The van der Waals surface area contributed by atoms with Gasteiger partial charge in [0.05, 0.1) is 36.6 Å². The summed E-state index contributed by atoms with van der Waals surface area (Å²) in [6, 6.07) is 7.38. The number of imidazole rings is 1. The van der Waals surface area contributed by atoms with Crippen LogP contribution in [-0.4, -0.2) is 67.5 Å². The lowest BCUT2D eigenvalue weighted by molar-refractivity contribution is -0.00899. The van der Waals surface area contributed by atoms with Crippen molar-refractivity contribution in [3.63, 3.8) is 0 Å². The third-order valence-corrected chi connectivity index (χ3v) is 7.37. The molecular weight excluding hydrogens is 514 g/mol.